The van der Waals surface area contributed by atoms with Crippen molar-refractivity contribution in [1.29, 1.82) is 0 Å². The molecule has 5 nitrogen and oxygen atoms in total. The van der Waals surface area contributed by atoms with E-state index in [1.165, 1.54) is 0 Å². The van der Waals surface area contributed by atoms with Gasteiger partial charge in [-0.3, -0.25) is 9.59 Å². The van der Waals surface area contributed by atoms with E-state index in [2.05, 4.69) is 10.6 Å². The number of nitrogens with two attached hydrogens (primary N) is 1. The van der Waals surface area contributed by atoms with Crippen LogP contribution in [0.3, 0.4) is 0 Å². The zero-order valence-electron chi connectivity index (χ0n) is 14.5. The number of hydrogen-bond acceptors (Lipinski definition) is 3. The molecule has 0 bridgehead atoms. The molecular weight excluding hydrogens is 338 g/mol. The molecule has 0 radical (unpaired) electrons. The molecule has 0 saturated carbocycles. The Hall–Kier alpha value is -2.11. The first kappa shape index (κ1) is 20.9. The predicted octanol–water partition coefficient (Wildman–Crippen LogP) is 2.68. The molecule has 4 N–H and O–H groups in total. The van der Waals surface area contributed by atoms with Crippen molar-refractivity contribution in [2.75, 3.05) is 13.1 Å². The molecule has 2 rings (SSSR count). The summed E-state index contributed by atoms with van der Waals surface area (Å²) in [5, 5.41) is 7.94. The number of fused-ring (bicyclic) bond motifs is 1. The van der Waals surface area contributed by atoms with Gasteiger partial charge in [0.25, 0.3) is 0 Å². The standard InChI is InChI=1S/C19H25N3O2.ClH/c1-2-11-21-18(23)9-10-19(24)22-17(13-20)16-8-7-14-5-3-4-6-15(14)12-16;/h3-8,12,17H,2,9-11,13,20H2,1H3,(H,21,23)(H,22,24);1H. The molecule has 0 aliphatic carbocycles. The summed E-state index contributed by atoms with van der Waals surface area (Å²) in [6.45, 7) is 2.94. The number of carbonyl (C=O) groups is 2. The fourth-order valence-corrected chi connectivity index (χ4v) is 2.55. The third-order valence-corrected chi connectivity index (χ3v) is 3.90. The minimum atomic E-state index is -0.249. The number of nitrogens with one attached hydrogen (secondary N) is 2. The maximum Gasteiger partial charge on any atom is 0.221 e. The summed E-state index contributed by atoms with van der Waals surface area (Å²) in [6, 6.07) is 13.9. The van der Waals surface area contributed by atoms with E-state index >= 15 is 0 Å². The highest BCUT2D eigenvalue weighted by Gasteiger charge is 2.14. The normalized spacial score (nSPS) is 11.4. The van der Waals surface area contributed by atoms with Crippen LogP contribution in [0.25, 0.3) is 10.8 Å². The van der Waals surface area contributed by atoms with Gasteiger partial charge in [0.2, 0.25) is 11.8 Å². The molecule has 1 atom stereocenters. The van der Waals surface area contributed by atoms with Gasteiger partial charge in [0.1, 0.15) is 0 Å². The van der Waals surface area contributed by atoms with Crippen molar-refractivity contribution in [2.45, 2.75) is 32.2 Å². The highest BCUT2D eigenvalue weighted by atomic mass is 35.5. The maximum absolute atomic E-state index is 12.1. The van der Waals surface area contributed by atoms with Crippen LogP contribution in [0, 0.1) is 0 Å². The molecule has 0 aliphatic heterocycles. The minimum absolute atomic E-state index is 0. The van der Waals surface area contributed by atoms with Gasteiger partial charge in [0.05, 0.1) is 6.04 Å². The van der Waals surface area contributed by atoms with E-state index < -0.39 is 0 Å². The molecule has 2 aromatic rings. The zero-order valence-corrected chi connectivity index (χ0v) is 15.3. The second-order valence-corrected chi connectivity index (χ2v) is 5.81. The van der Waals surface area contributed by atoms with E-state index in [-0.39, 0.29) is 43.1 Å². The van der Waals surface area contributed by atoms with Crippen LogP contribution >= 0.6 is 12.4 Å². The average Bonchev–Trinajstić information content (AvgIpc) is 2.62. The smallest absolute Gasteiger partial charge is 0.221 e. The summed E-state index contributed by atoms with van der Waals surface area (Å²) >= 11 is 0. The first-order valence-corrected chi connectivity index (χ1v) is 8.39. The zero-order chi connectivity index (χ0) is 17.4. The molecule has 6 heteroatoms. The molecule has 2 amide bonds. The second kappa shape index (κ2) is 10.7. The summed E-state index contributed by atoms with van der Waals surface area (Å²) in [7, 11) is 0. The second-order valence-electron chi connectivity index (χ2n) is 5.81. The Bertz CT molecular complexity index is 706. The van der Waals surface area contributed by atoms with Gasteiger partial charge in [-0.2, -0.15) is 0 Å². The Morgan fingerprint density at radius 3 is 2.40 bits per heavy atom. The van der Waals surface area contributed by atoms with Crippen molar-refractivity contribution < 1.29 is 9.59 Å². The Morgan fingerprint density at radius 1 is 1.04 bits per heavy atom. The molecule has 25 heavy (non-hydrogen) atoms. The van der Waals surface area contributed by atoms with Crippen molar-refractivity contribution in [3.63, 3.8) is 0 Å². The number of hydrogen-bond donors (Lipinski definition) is 3. The number of rotatable bonds is 8. The van der Waals surface area contributed by atoms with Crippen LogP contribution in [0.15, 0.2) is 42.5 Å². The Morgan fingerprint density at radius 2 is 1.72 bits per heavy atom. The first-order valence-electron chi connectivity index (χ1n) is 8.39. The van der Waals surface area contributed by atoms with Crippen molar-refractivity contribution in [2.24, 2.45) is 5.73 Å². The van der Waals surface area contributed by atoms with Crippen molar-refractivity contribution >= 4 is 35.0 Å². The van der Waals surface area contributed by atoms with Gasteiger partial charge >= 0.3 is 0 Å². The lowest BCUT2D eigenvalue weighted by molar-refractivity contribution is -0.126. The van der Waals surface area contributed by atoms with E-state index in [4.69, 9.17) is 5.73 Å². The molecule has 136 valence electrons. The van der Waals surface area contributed by atoms with Gasteiger partial charge < -0.3 is 16.4 Å². The lowest BCUT2D eigenvalue weighted by atomic mass is 10.0. The van der Waals surface area contributed by atoms with Gasteiger partial charge in [-0.05, 0) is 28.8 Å². The highest BCUT2D eigenvalue weighted by molar-refractivity contribution is 5.85. The summed E-state index contributed by atoms with van der Waals surface area (Å²) < 4.78 is 0. The predicted molar refractivity (Wildman–Crippen MR) is 104 cm³/mol. The fourth-order valence-electron chi connectivity index (χ4n) is 2.55. The minimum Gasteiger partial charge on any atom is -0.356 e. The van der Waals surface area contributed by atoms with Crippen LogP contribution in [-0.4, -0.2) is 24.9 Å². The number of halogens is 1. The topological polar surface area (TPSA) is 84.2 Å². The van der Waals surface area contributed by atoms with Crippen LogP contribution in [0.4, 0.5) is 0 Å². The molecule has 0 saturated heterocycles. The molecule has 0 aromatic heterocycles. The van der Waals surface area contributed by atoms with Crippen LogP contribution in [0.5, 0.6) is 0 Å². The van der Waals surface area contributed by atoms with Crippen LogP contribution in [0.2, 0.25) is 0 Å². The Kier molecular flexibility index (Phi) is 8.95. The van der Waals surface area contributed by atoms with Crippen molar-refractivity contribution in [3.8, 4) is 0 Å². The molecule has 0 heterocycles. The van der Waals surface area contributed by atoms with Gasteiger partial charge in [-0.1, -0.05) is 43.3 Å². The van der Waals surface area contributed by atoms with Crippen molar-refractivity contribution in [3.05, 3.63) is 48.0 Å². The van der Waals surface area contributed by atoms with Crippen LogP contribution < -0.4 is 16.4 Å². The third-order valence-electron chi connectivity index (χ3n) is 3.90. The monoisotopic (exact) mass is 363 g/mol. The lowest BCUT2D eigenvalue weighted by Gasteiger charge is -2.18. The summed E-state index contributed by atoms with van der Waals surface area (Å²) in [6.07, 6.45) is 1.25. The summed E-state index contributed by atoms with van der Waals surface area (Å²) in [4.78, 5) is 23.6. The van der Waals surface area contributed by atoms with Gasteiger partial charge in [0.15, 0.2) is 0 Å². The number of benzene rings is 2. The lowest BCUT2D eigenvalue weighted by Crippen LogP contribution is -2.34. The molecule has 0 spiro atoms. The molecule has 0 aliphatic rings. The van der Waals surface area contributed by atoms with E-state index in [1.807, 2.05) is 49.4 Å². The van der Waals surface area contributed by atoms with Gasteiger partial charge in [-0.15, -0.1) is 12.4 Å². The van der Waals surface area contributed by atoms with Gasteiger partial charge in [0, 0.05) is 25.9 Å². The molecule has 0 fully saturated rings. The Balaban J connectivity index is 0.00000312. The highest BCUT2D eigenvalue weighted by Crippen LogP contribution is 2.20. The molecular formula is C19H26ClN3O2. The number of amides is 2. The van der Waals surface area contributed by atoms with Crippen LogP contribution in [0.1, 0.15) is 37.8 Å². The SMILES string of the molecule is CCCNC(=O)CCC(=O)NC(CN)c1ccc2ccccc2c1.Cl. The Labute approximate surface area is 154 Å². The van der Waals surface area contributed by atoms with Crippen molar-refractivity contribution in [1.82, 2.24) is 10.6 Å². The largest absolute Gasteiger partial charge is 0.356 e. The third kappa shape index (κ3) is 6.36. The van der Waals surface area contributed by atoms with Gasteiger partial charge in [-0.25, -0.2) is 0 Å². The van der Waals surface area contributed by atoms with E-state index in [0.717, 1.165) is 22.8 Å². The molecule has 2 aromatic carbocycles. The summed E-state index contributed by atoms with van der Waals surface area (Å²) in [5.74, 6) is -0.257. The van der Waals surface area contributed by atoms with E-state index in [1.54, 1.807) is 0 Å². The average molecular weight is 364 g/mol. The first-order chi connectivity index (χ1) is 11.6. The van der Waals surface area contributed by atoms with E-state index in [9.17, 15) is 9.59 Å². The van der Waals surface area contributed by atoms with E-state index in [0.29, 0.717) is 13.1 Å². The molecule has 1 unspecified atom stereocenters. The quantitative estimate of drug-likeness (QED) is 0.674. The maximum atomic E-state index is 12.1. The van der Waals surface area contributed by atoms with Crippen LogP contribution in [-0.2, 0) is 9.59 Å². The number of carbonyl (C=O) groups excluding carboxylic acids is 2. The fraction of sp³-hybridized carbons (Fsp3) is 0.368. The summed E-state index contributed by atoms with van der Waals surface area (Å²) in [5.41, 5.74) is 6.80.